The van der Waals surface area contributed by atoms with Gasteiger partial charge in [-0.1, -0.05) is 11.6 Å². The van der Waals surface area contributed by atoms with Crippen molar-refractivity contribution in [3.8, 4) is 0 Å². The Morgan fingerprint density at radius 1 is 1.33 bits per heavy atom. The van der Waals surface area contributed by atoms with Gasteiger partial charge in [0.05, 0.1) is 4.90 Å². The zero-order valence-corrected chi connectivity index (χ0v) is 11.8. The average molecular weight is 289 g/mol. The molecule has 1 saturated carbocycles. The van der Waals surface area contributed by atoms with Gasteiger partial charge in [-0.2, -0.15) is 0 Å². The van der Waals surface area contributed by atoms with E-state index in [4.69, 9.17) is 11.6 Å². The first-order valence-corrected chi connectivity index (χ1v) is 7.84. The van der Waals surface area contributed by atoms with Gasteiger partial charge in [0.15, 0.2) is 0 Å². The van der Waals surface area contributed by atoms with Crippen LogP contribution >= 0.6 is 11.6 Å². The van der Waals surface area contributed by atoms with E-state index < -0.39 is 10.0 Å². The predicted molar refractivity (Wildman–Crippen MR) is 72.4 cm³/mol. The summed E-state index contributed by atoms with van der Waals surface area (Å²) >= 11 is 5.81. The molecule has 0 amide bonds. The summed E-state index contributed by atoms with van der Waals surface area (Å²) < 4.78 is 26.7. The van der Waals surface area contributed by atoms with Gasteiger partial charge in [0, 0.05) is 24.2 Å². The fourth-order valence-electron chi connectivity index (χ4n) is 1.74. The first-order chi connectivity index (χ1) is 8.49. The van der Waals surface area contributed by atoms with Crippen molar-refractivity contribution in [3.05, 3.63) is 28.8 Å². The second kappa shape index (κ2) is 5.57. The molecule has 100 valence electrons. The number of halogens is 1. The Balaban J connectivity index is 1.95. The smallest absolute Gasteiger partial charge is 0.240 e. The van der Waals surface area contributed by atoms with Crippen LogP contribution in [-0.2, 0) is 10.0 Å². The molecule has 18 heavy (non-hydrogen) atoms. The van der Waals surface area contributed by atoms with E-state index in [1.807, 2.05) is 0 Å². The molecule has 6 heteroatoms. The second-order valence-corrected chi connectivity index (χ2v) is 6.71. The van der Waals surface area contributed by atoms with Gasteiger partial charge < -0.3 is 5.32 Å². The molecular formula is C12H17ClN2O2S. The number of benzene rings is 1. The van der Waals surface area contributed by atoms with Crippen LogP contribution in [0.3, 0.4) is 0 Å². The van der Waals surface area contributed by atoms with E-state index in [0.29, 0.717) is 34.6 Å². The summed E-state index contributed by atoms with van der Waals surface area (Å²) in [6.45, 7) is 2.81. The lowest BCUT2D eigenvalue weighted by atomic mass is 10.2. The largest absolute Gasteiger partial charge is 0.313 e. The van der Waals surface area contributed by atoms with Gasteiger partial charge in [-0.25, -0.2) is 13.1 Å². The number of rotatable bonds is 6. The zero-order chi connectivity index (χ0) is 13.2. The molecule has 0 spiro atoms. The fraction of sp³-hybridized carbons (Fsp3) is 0.500. The average Bonchev–Trinajstić information content (AvgIpc) is 3.07. The lowest BCUT2D eigenvalue weighted by molar-refractivity contribution is 0.575. The molecule has 0 bridgehead atoms. The minimum absolute atomic E-state index is 0.290. The van der Waals surface area contributed by atoms with Crippen molar-refractivity contribution >= 4 is 21.6 Å². The maximum absolute atomic E-state index is 12.0. The number of hydrogen-bond donors (Lipinski definition) is 2. The van der Waals surface area contributed by atoms with Gasteiger partial charge in [-0.05, 0) is 43.5 Å². The van der Waals surface area contributed by atoms with E-state index in [2.05, 4.69) is 10.0 Å². The highest BCUT2D eigenvalue weighted by atomic mass is 35.5. The van der Waals surface area contributed by atoms with Gasteiger partial charge in [-0.15, -0.1) is 0 Å². The molecule has 2 N–H and O–H groups in total. The highest BCUT2D eigenvalue weighted by Crippen LogP contribution is 2.19. The Morgan fingerprint density at radius 3 is 2.67 bits per heavy atom. The van der Waals surface area contributed by atoms with Gasteiger partial charge in [-0.3, -0.25) is 0 Å². The summed E-state index contributed by atoms with van der Waals surface area (Å²) in [6.07, 6.45) is 2.39. The molecule has 4 nitrogen and oxygen atoms in total. The number of hydrogen-bond acceptors (Lipinski definition) is 3. The molecule has 0 aliphatic heterocycles. The van der Waals surface area contributed by atoms with Gasteiger partial charge in [0.1, 0.15) is 0 Å². The molecule has 2 rings (SSSR count). The Hall–Kier alpha value is -0.620. The Morgan fingerprint density at radius 2 is 2.06 bits per heavy atom. The van der Waals surface area contributed by atoms with Crippen LogP contribution in [0.25, 0.3) is 0 Å². The summed E-state index contributed by atoms with van der Waals surface area (Å²) in [5, 5.41) is 3.80. The molecule has 1 aliphatic rings. The highest BCUT2D eigenvalue weighted by molar-refractivity contribution is 7.89. The molecule has 0 aromatic heterocycles. The van der Waals surface area contributed by atoms with Crippen LogP contribution in [0.15, 0.2) is 23.1 Å². The monoisotopic (exact) mass is 288 g/mol. The lowest BCUT2D eigenvalue weighted by Crippen LogP contribution is -2.33. The second-order valence-electron chi connectivity index (χ2n) is 4.54. The van der Waals surface area contributed by atoms with E-state index in [9.17, 15) is 8.42 Å². The van der Waals surface area contributed by atoms with Crippen molar-refractivity contribution in [3.63, 3.8) is 0 Å². The van der Waals surface area contributed by atoms with E-state index >= 15 is 0 Å². The van der Waals surface area contributed by atoms with Crippen molar-refractivity contribution < 1.29 is 8.42 Å². The summed E-state index contributed by atoms with van der Waals surface area (Å²) in [6, 6.07) is 5.37. The quantitative estimate of drug-likeness (QED) is 0.783. The van der Waals surface area contributed by atoms with Gasteiger partial charge in [0.2, 0.25) is 10.0 Å². The van der Waals surface area contributed by atoms with Gasteiger partial charge in [0.25, 0.3) is 0 Å². The van der Waals surface area contributed by atoms with Crippen molar-refractivity contribution in [1.82, 2.24) is 10.0 Å². The van der Waals surface area contributed by atoms with Crippen LogP contribution < -0.4 is 10.0 Å². The topological polar surface area (TPSA) is 58.2 Å². The summed E-state index contributed by atoms with van der Waals surface area (Å²) in [5.41, 5.74) is 0.658. The zero-order valence-electron chi connectivity index (χ0n) is 10.2. The first-order valence-electron chi connectivity index (χ1n) is 5.98. The van der Waals surface area contributed by atoms with Crippen LogP contribution in [-0.4, -0.2) is 27.5 Å². The number of sulfonamides is 1. The molecule has 1 aliphatic carbocycles. The van der Waals surface area contributed by atoms with Crippen molar-refractivity contribution in [2.24, 2.45) is 0 Å². The summed E-state index contributed by atoms with van der Waals surface area (Å²) in [4.78, 5) is 0.290. The normalized spacial score (nSPS) is 15.9. The maximum atomic E-state index is 12.0. The molecule has 0 radical (unpaired) electrons. The van der Waals surface area contributed by atoms with E-state index in [-0.39, 0.29) is 0 Å². The minimum Gasteiger partial charge on any atom is -0.313 e. The molecular weight excluding hydrogens is 272 g/mol. The summed E-state index contributed by atoms with van der Waals surface area (Å²) in [7, 11) is -3.43. The van der Waals surface area contributed by atoms with Crippen LogP contribution in [0.2, 0.25) is 5.02 Å². The van der Waals surface area contributed by atoms with Crippen LogP contribution in [0.5, 0.6) is 0 Å². The molecule has 0 unspecified atom stereocenters. The number of nitrogens with one attached hydrogen (secondary N) is 2. The van der Waals surface area contributed by atoms with E-state index in [1.165, 1.54) is 18.9 Å². The Bertz CT molecular complexity index is 527. The fourth-order valence-corrected chi connectivity index (χ4v) is 3.22. The first kappa shape index (κ1) is 13.8. The molecule has 0 heterocycles. The lowest BCUT2D eigenvalue weighted by Gasteiger charge is -2.09. The van der Waals surface area contributed by atoms with Gasteiger partial charge >= 0.3 is 0 Å². The van der Waals surface area contributed by atoms with E-state index in [1.54, 1.807) is 19.1 Å². The SMILES string of the molecule is Cc1cc(Cl)ccc1S(=O)(=O)NCCNC1CC1. The van der Waals surface area contributed by atoms with Crippen LogP contribution in [0, 0.1) is 6.92 Å². The highest BCUT2D eigenvalue weighted by Gasteiger charge is 2.20. The number of aryl methyl sites for hydroxylation is 1. The Kier molecular flexibility index (Phi) is 4.27. The third kappa shape index (κ3) is 3.68. The maximum Gasteiger partial charge on any atom is 0.240 e. The molecule has 1 fully saturated rings. The predicted octanol–water partition coefficient (Wildman–Crippen LogP) is 1.68. The standard InChI is InChI=1S/C12H17ClN2O2S/c1-9-8-10(13)2-5-12(9)18(16,17)15-7-6-14-11-3-4-11/h2,5,8,11,14-15H,3-4,6-7H2,1H3. The molecule has 0 saturated heterocycles. The summed E-state index contributed by atoms with van der Waals surface area (Å²) in [5.74, 6) is 0. The van der Waals surface area contributed by atoms with Crippen molar-refractivity contribution in [2.45, 2.75) is 30.7 Å². The van der Waals surface area contributed by atoms with Crippen LogP contribution in [0.4, 0.5) is 0 Å². The van der Waals surface area contributed by atoms with Crippen molar-refractivity contribution in [1.29, 1.82) is 0 Å². The molecule has 1 aromatic carbocycles. The molecule has 1 aromatic rings. The Labute approximate surface area is 113 Å². The van der Waals surface area contributed by atoms with E-state index in [0.717, 1.165) is 0 Å². The van der Waals surface area contributed by atoms with Crippen LogP contribution in [0.1, 0.15) is 18.4 Å². The van der Waals surface area contributed by atoms with Crippen molar-refractivity contribution in [2.75, 3.05) is 13.1 Å². The molecule has 0 atom stereocenters. The minimum atomic E-state index is -3.43. The third-order valence-corrected chi connectivity index (χ3v) is 4.71. The third-order valence-electron chi connectivity index (χ3n) is 2.85.